The normalized spacial score (nSPS) is 18.2. The minimum atomic E-state index is 0.336. The van der Waals surface area contributed by atoms with Gasteiger partial charge in [-0.05, 0) is 48.6 Å². The number of nitrogens with one attached hydrogen (secondary N) is 2. The second-order valence-electron chi connectivity index (χ2n) is 4.23. The van der Waals surface area contributed by atoms with E-state index in [-0.39, 0.29) is 0 Å². The summed E-state index contributed by atoms with van der Waals surface area (Å²) in [6.07, 6.45) is 3.37. The van der Waals surface area contributed by atoms with Gasteiger partial charge in [0.15, 0.2) is 0 Å². The van der Waals surface area contributed by atoms with Crippen LogP contribution in [0.4, 0.5) is 0 Å². The van der Waals surface area contributed by atoms with Gasteiger partial charge in [0.25, 0.3) is 0 Å². The molecule has 16 heavy (non-hydrogen) atoms. The zero-order chi connectivity index (χ0) is 11.4. The van der Waals surface area contributed by atoms with Crippen molar-refractivity contribution >= 4 is 17.3 Å². The molecule has 88 valence electrons. The number of hydrazine groups is 1. The Labute approximate surface area is 99.9 Å². The van der Waals surface area contributed by atoms with Crippen molar-refractivity contribution in [1.82, 2.24) is 10.7 Å². The Kier molecular flexibility index (Phi) is 3.79. The molecule has 1 atom stereocenters. The van der Waals surface area contributed by atoms with Crippen LogP contribution in [0.1, 0.15) is 25.3 Å². The standard InChI is InChI=1S/C11H18N4S/c1-8(6-9-4-5-16-7-9)13-11(15-12)14-10-2-3-10/h4-5,7-8,10H,2-3,6,12H2,1H3,(H2,13,14,15). The molecule has 0 radical (unpaired) electrons. The van der Waals surface area contributed by atoms with E-state index in [9.17, 15) is 0 Å². The highest BCUT2D eigenvalue weighted by Gasteiger charge is 2.21. The Hall–Kier alpha value is -1.07. The van der Waals surface area contributed by atoms with Crippen LogP contribution in [-0.2, 0) is 6.42 Å². The Morgan fingerprint density at radius 2 is 2.50 bits per heavy atom. The topological polar surface area (TPSA) is 62.4 Å². The highest BCUT2D eigenvalue weighted by atomic mass is 32.1. The third-order valence-electron chi connectivity index (χ3n) is 2.50. The molecule has 0 amide bonds. The average Bonchev–Trinajstić information content (AvgIpc) is 2.93. The third-order valence-corrected chi connectivity index (χ3v) is 3.23. The van der Waals surface area contributed by atoms with E-state index in [1.54, 1.807) is 11.3 Å². The summed E-state index contributed by atoms with van der Waals surface area (Å²) in [6, 6.07) is 2.96. The number of aliphatic imine (C=N–C) groups is 1. The molecule has 0 spiro atoms. The monoisotopic (exact) mass is 238 g/mol. The molecule has 0 aromatic carbocycles. The van der Waals surface area contributed by atoms with Crippen molar-refractivity contribution in [3.05, 3.63) is 22.4 Å². The van der Waals surface area contributed by atoms with E-state index in [0.29, 0.717) is 18.0 Å². The zero-order valence-corrected chi connectivity index (χ0v) is 10.3. The first-order valence-corrected chi connectivity index (χ1v) is 6.54. The predicted octanol–water partition coefficient (Wildman–Crippen LogP) is 1.25. The number of nitrogens with two attached hydrogens (primary N) is 1. The molecule has 1 saturated carbocycles. The minimum Gasteiger partial charge on any atom is -0.353 e. The predicted molar refractivity (Wildman–Crippen MR) is 68.4 cm³/mol. The Morgan fingerprint density at radius 1 is 1.69 bits per heavy atom. The maximum atomic E-state index is 5.43. The highest BCUT2D eigenvalue weighted by Crippen LogP contribution is 2.23. The van der Waals surface area contributed by atoms with Gasteiger partial charge in [-0.2, -0.15) is 11.3 Å². The number of nitrogens with zero attached hydrogens (tertiary/aromatic N) is 1. The second kappa shape index (κ2) is 5.32. The largest absolute Gasteiger partial charge is 0.353 e. The molecule has 5 heteroatoms. The van der Waals surface area contributed by atoms with Crippen molar-refractivity contribution in [2.75, 3.05) is 0 Å². The minimum absolute atomic E-state index is 0.336. The molecule has 0 saturated heterocycles. The van der Waals surface area contributed by atoms with Crippen molar-refractivity contribution in [1.29, 1.82) is 0 Å². The summed E-state index contributed by atoms with van der Waals surface area (Å²) in [7, 11) is 0. The number of hydrogen-bond acceptors (Lipinski definition) is 3. The lowest BCUT2D eigenvalue weighted by Crippen LogP contribution is -2.46. The molecule has 4 N–H and O–H groups in total. The molecule has 2 rings (SSSR count). The van der Waals surface area contributed by atoms with Crippen LogP contribution < -0.4 is 16.6 Å². The highest BCUT2D eigenvalue weighted by molar-refractivity contribution is 7.07. The fourth-order valence-electron chi connectivity index (χ4n) is 1.55. The molecule has 4 nitrogen and oxygen atoms in total. The van der Waals surface area contributed by atoms with Gasteiger partial charge in [0, 0.05) is 6.04 Å². The molecule has 0 bridgehead atoms. The van der Waals surface area contributed by atoms with Gasteiger partial charge >= 0.3 is 0 Å². The first kappa shape index (κ1) is 11.4. The lowest BCUT2D eigenvalue weighted by atomic mass is 10.1. The van der Waals surface area contributed by atoms with Crippen molar-refractivity contribution in [3.8, 4) is 0 Å². The zero-order valence-electron chi connectivity index (χ0n) is 9.44. The summed E-state index contributed by atoms with van der Waals surface area (Å²) in [6.45, 7) is 2.14. The van der Waals surface area contributed by atoms with Crippen molar-refractivity contribution in [2.45, 2.75) is 38.3 Å². The fourth-order valence-corrected chi connectivity index (χ4v) is 2.23. The summed E-state index contributed by atoms with van der Waals surface area (Å²) in [5.41, 5.74) is 3.98. The number of thiophene rings is 1. The lowest BCUT2D eigenvalue weighted by molar-refractivity contribution is 0.642. The van der Waals surface area contributed by atoms with Crippen molar-refractivity contribution < 1.29 is 0 Å². The van der Waals surface area contributed by atoms with Gasteiger partial charge in [-0.1, -0.05) is 0 Å². The average molecular weight is 238 g/mol. The Morgan fingerprint density at radius 3 is 3.06 bits per heavy atom. The Bertz CT molecular complexity index is 343. The SMILES string of the molecule is CC(Cc1ccsc1)NC(=NC1CC1)NN. The van der Waals surface area contributed by atoms with E-state index in [1.807, 2.05) is 0 Å². The van der Waals surface area contributed by atoms with Gasteiger partial charge in [-0.25, -0.2) is 10.8 Å². The van der Waals surface area contributed by atoms with Gasteiger partial charge in [0.05, 0.1) is 6.04 Å². The molecule has 1 aliphatic carbocycles. The maximum Gasteiger partial charge on any atom is 0.206 e. The van der Waals surface area contributed by atoms with Crippen molar-refractivity contribution in [3.63, 3.8) is 0 Å². The van der Waals surface area contributed by atoms with Crippen LogP contribution in [0.2, 0.25) is 0 Å². The van der Waals surface area contributed by atoms with Crippen LogP contribution in [-0.4, -0.2) is 18.0 Å². The lowest BCUT2D eigenvalue weighted by Gasteiger charge is -2.15. The Balaban J connectivity index is 1.82. The molecular formula is C11H18N4S. The smallest absolute Gasteiger partial charge is 0.206 e. The van der Waals surface area contributed by atoms with Crippen LogP contribution in [0.3, 0.4) is 0 Å². The first-order chi connectivity index (χ1) is 7.78. The van der Waals surface area contributed by atoms with E-state index in [2.05, 4.69) is 39.5 Å². The summed E-state index contributed by atoms with van der Waals surface area (Å²) >= 11 is 1.73. The molecule has 1 fully saturated rings. The van der Waals surface area contributed by atoms with Crippen LogP contribution >= 0.6 is 11.3 Å². The summed E-state index contributed by atoms with van der Waals surface area (Å²) in [4.78, 5) is 4.45. The van der Waals surface area contributed by atoms with Crippen LogP contribution in [0.5, 0.6) is 0 Å². The molecule has 1 heterocycles. The number of hydrogen-bond donors (Lipinski definition) is 3. The van der Waals surface area contributed by atoms with Crippen LogP contribution in [0.25, 0.3) is 0 Å². The number of rotatable bonds is 4. The third kappa shape index (κ3) is 3.50. The van der Waals surface area contributed by atoms with Crippen LogP contribution in [0, 0.1) is 0 Å². The summed E-state index contributed by atoms with van der Waals surface area (Å²) < 4.78 is 0. The van der Waals surface area contributed by atoms with Gasteiger partial charge in [0.2, 0.25) is 5.96 Å². The molecule has 1 aromatic rings. The first-order valence-electron chi connectivity index (χ1n) is 5.60. The van der Waals surface area contributed by atoms with Gasteiger partial charge in [-0.15, -0.1) is 0 Å². The molecule has 0 aliphatic heterocycles. The van der Waals surface area contributed by atoms with E-state index in [4.69, 9.17) is 5.84 Å². The second-order valence-corrected chi connectivity index (χ2v) is 5.01. The summed E-state index contributed by atoms with van der Waals surface area (Å²) in [5, 5.41) is 7.57. The van der Waals surface area contributed by atoms with Crippen LogP contribution in [0.15, 0.2) is 21.8 Å². The van der Waals surface area contributed by atoms with E-state index in [0.717, 1.165) is 6.42 Å². The van der Waals surface area contributed by atoms with E-state index in [1.165, 1.54) is 18.4 Å². The van der Waals surface area contributed by atoms with Gasteiger partial charge < -0.3 is 5.32 Å². The van der Waals surface area contributed by atoms with Crippen molar-refractivity contribution in [2.24, 2.45) is 10.8 Å². The molecule has 1 aliphatic rings. The number of guanidine groups is 1. The van der Waals surface area contributed by atoms with Gasteiger partial charge in [-0.3, -0.25) is 5.43 Å². The quantitative estimate of drug-likeness (QED) is 0.320. The molecule has 1 unspecified atom stereocenters. The maximum absolute atomic E-state index is 5.43. The van der Waals surface area contributed by atoms with E-state index >= 15 is 0 Å². The van der Waals surface area contributed by atoms with Gasteiger partial charge in [0.1, 0.15) is 0 Å². The molecule has 1 aromatic heterocycles. The van der Waals surface area contributed by atoms with E-state index < -0.39 is 0 Å². The fraction of sp³-hybridized carbons (Fsp3) is 0.545. The molecular weight excluding hydrogens is 220 g/mol. The summed E-state index contributed by atoms with van der Waals surface area (Å²) in [5.74, 6) is 6.14.